The van der Waals surface area contributed by atoms with Crippen molar-refractivity contribution in [2.45, 2.75) is 24.8 Å². The molecule has 0 aliphatic heterocycles. The zero-order valence-corrected chi connectivity index (χ0v) is 12.9. The van der Waals surface area contributed by atoms with Crippen LogP contribution in [0.4, 0.5) is 0 Å². The number of carbonyl (C=O) groups is 1. The van der Waals surface area contributed by atoms with Crippen molar-refractivity contribution in [1.29, 1.82) is 0 Å². The van der Waals surface area contributed by atoms with Crippen LogP contribution >= 0.6 is 11.8 Å². The summed E-state index contributed by atoms with van der Waals surface area (Å²) in [6.07, 6.45) is -0.149. The van der Waals surface area contributed by atoms with E-state index in [-0.39, 0.29) is 12.1 Å². The number of thioether (sulfide) groups is 1. The van der Waals surface area contributed by atoms with Crippen LogP contribution in [0.15, 0.2) is 59.5 Å². The van der Waals surface area contributed by atoms with E-state index >= 15 is 0 Å². The van der Waals surface area contributed by atoms with Crippen molar-refractivity contribution in [3.8, 4) is 5.75 Å². The van der Waals surface area contributed by atoms with Gasteiger partial charge in [0.1, 0.15) is 17.3 Å². The molecule has 0 amide bonds. The largest absolute Gasteiger partial charge is 0.482 e. The fourth-order valence-corrected chi connectivity index (χ4v) is 2.39. The van der Waals surface area contributed by atoms with Gasteiger partial charge in [-0.05, 0) is 38.1 Å². The number of ether oxygens (including phenoxy) is 2. The molecule has 0 fully saturated rings. The van der Waals surface area contributed by atoms with E-state index in [0.717, 1.165) is 4.90 Å². The second-order valence-corrected chi connectivity index (χ2v) is 5.67. The van der Waals surface area contributed by atoms with E-state index in [1.54, 1.807) is 30.0 Å². The molecule has 0 saturated carbocycles. The average molecular weight is 302 g/mol. The van der Waals surface area contributed by atoms with Crippen LogP contribution in [-0.2, 0) is 4.74 Å². The maximum atomic E-state index is 12.0. The molecule has 110 valence electrons. The second-order valence-electron chi connectivity index (χ2n) is 4.67. The Balaban J connectivity index is 1.98. The minimum Gasteiger partial charge on any atom is -0.482 e. The van der Waals surface area contributed by atoms with Gasteiger partial charge in [0.05, 0.1) is 6.10 Å². The van der Waals surface area contributed by atoms with Gasteiger partial charge in [-0.2, -0.15) is 0 Å². The number of carbonyl (C=O) groups excluding carboxylic acids is 1. The second kappa shape index (κ2) is 7.74. The third-order valence-electron chi connectivity index (χ3n) is 2.63. The van der Waals surface area contributed by atoms with E-state index in [2.05, 4.69) is 0 Å². The molecule has 2 rings (SSSR count). The van der Waals surface area contributed by atoms with E-state index < -0.39 is 0 Å². The van der Waals surface area contributed by atoms with Crippen LogP contribution in [-0.4, -0.2) is 18.0 Å². The molecule has 2 aromatic rings. The van der Waals surface area contributed by atoms with E-state index in [1.165, 1.54) is 0 Å². The van der Waals surface area contributed by atoms with E-state index in [9.17, 15) is 4.79 Å². The highest BCUT2D eigenvalue weighted by Crippen LogP contribution is 2.23. The highest BCUT2D eigenvalue weighted by Gasteiger charge is 2.14. The Morgan fingerprint density at radius 1 is 1.05 bits per heavy atom. The molecule has 0 spiro atoms. The molecule has 0 unspecified atom stereocenters. The van der Waals surface area contributed by atoms with E-state index in [1.807, 2.05) is 50.2 Å². The van der Waals surface area contributed by atoms with Crippen LogP contribution in [0, 0.1) is 0 Å². The summed E-state index contributed by atoms with van der Waals surface area (Å²) in [5.74, 6) is 0.632. The third-order valence-corrected chi connectivity index (χ3v) is 3.47. The van der Waals surface area contributed by atoms with Gasteiger partial charge in [-0.25, -0.2) is 4.79 Å². The lowest BCUT2D eigenvalue weighted by molar-refractivity contribution is 0.0374. The molecule has 3 nitrogen and oxygen atoms in total. The van der Waals surface area contributed by atoms with Crippen molar-refractivity contribution in [3.63, 3.8) is 0 Å². The Morgan fingerprint density at radius 2 is 1.71 bits per heavy atom. The first-order valence-corrected chi connectivity index (χ1v) is 7.76. The SMILES string of the molecule is CC(C)OC(=O)c1ccccc1OCSc1ccccc1. The Bertz CT molecular complexity index is 582. The molecule has 0 saturated heterocycles. The summed E-state index contributed by atoms with van der Waals surface area (Å²) in [7, 11) is 0. The van der Waals surface area contributed by atoms with Crippen molar-refractivity contribution < 1.29 is 14.3 Å². The Hall–Kier alpha value is -1.94. The van der Waals surface area contributed by atoms with Gasteiger partial charge in [-0.15, -0.1) is 0 Å². The molecule has 0 heterocycles. The Kier molecular flexibility index (Phi) is 5.69. The number of esters is 1. The highest BCUT2D eigenvalue weighted by atomic mass is 32.2. The van der Waals surface area contributed by atoms with Crippen LogP contribution in [0.3, 0.4) is 0 Å². The van der Waals surface area contributed by atoms with Crippen LogP contribution in [0.5, 0.6) is 5.75 Å². The number of rotatable bonds is 6. The third kappa shape index (κ3) is 4.83. The van der Waals surface area contributed by atoms with Crippen molar-refractivity contribution in [2.24, 2.45) is 0 Å². The molecule has 0 aromatic heterocycles. The first-order chi connectivity index (χ1) is 10.2. The lowest BCUT2D eigenvalue weighted by atomic mass is 10.2. The van der Waals surface area contributed by atoms with Gasteiger partial charge in [-0.3, -0.25) is 0 Å². The predicted octanol–water partition coefficient (Wildman–Crippen LogP) is 4.38. The van der Waals surface area contributed by atoms with Gasteiger partial charge in [0.25, 0.3) is 0 Å². The summed E-state index contributed by atoms with van der Waals surface area (Å²) in [6.45, 7) is 3.65. The van der Waals surface area contributed by atoms with Crippen molar-refractivity contribution >= 4 is 17.7 Å². The van der Waals surface area contributed by atoms with Crippen LogP contribution < -0.4 is 4.74 Å². The molecule has 0 aliphatic rings. The number of hydrogen-bond acceptors (Lipinski definition) is 4. The average Bonchev–Trinajstić information content (AvgIpc) is 2.48. The monoisotopic (exact) mass is 302 g/mol. The van der Waals surface area contributed by atoms with Crippen molar-refractivity contribution in [1.82, 2.24) is 0 Å². The molecule has 2 aromatic carbocycles. The van der Waals surface area contributed by atoms with Gasteiger partial charge in [0, 0.05) is 4.90 Å². The maximum absolute atomic E-state index is 12.0. The molecular formula is C17H18O3S. The first kappa shape index (κ1) is 15.4. The van der Waals surface area contributed by atoms with Gasteiger partial charge >= 0.3 is 5.97 Å². The van der Waals surface area contributed by atoms with Crippen molar-refractivity contribution in [3.05, 3.63) is 60.2 Å². The molecule has 0 N–H and O–H groups in total. The van der Waals surface area contributed by atoms with Crippen LogP contribution in [0.1, 0.15) is 24.2 Å². The van der Waals surface area contributed by atoms with E-state index in [4.69, 9.17) is 9.47 Å². The lowest BCUT2D eigenvalue weighted by Gasteiger charge is -2.12. The summed E-state index contributed by atoms with van der Waals surface area (Å²) in [4.78, 5) is 13.1. The van der Waals surface area contributed by atoms with Crippen LogP contribution in [0.25, 0.3) is 0 Å². The fraction of sp³-hybridized carbons (Fsp3) is 0.235. The lowest BCUT2D eigenvalue weighted by Crippen LogP contribution is -2.13. The zero-order chi connectivity index (χ0) is 15.1. The molecule has 0 atom stereocenters. The van der Waals surface area contributed by atoms with E-state index in [0.29, 0.717) is 17.3 Å². The first-order valence-electron chi connectivity index (χ1n) is 6.77. The molecule has 0 radical (unpaired) electrons. The summed E-state index contributed by atoms with van der Waals surface area (Å²) in [5, 5.41) is 0. The zero-order valence-electron chi connectivity index (χ0n) is 12.1. The molecular weight excluding hydrogens is 284 g/mol. The minimum atomic E-state index is -0.356. The number of benzene rings is 2. The van der Waals surface area contributed by atoms with Gasteiger partial charge < -0.3 is 9.47 Å². The van der Waals surface area contributed by atoms with Gasteiger partial charge in [0.2, 0.25) is 0 Å². The molecule has 0 aliphatic carbocycles. The Labute approximate surface area is 129 Å². The Morgan fingerprint density at radius 3 is 2.43 bits per heavy atom. The molecule has 0 bridgehead atoms. The fourth-order valence-electron chi connectivity index (χ4n) is 1.72. The number of para-hydroxylation sites is 1. The minimum absolute atomic E-state index is 0.149. The summed E-state index contributed by atoms with van der Waals surface area (Å²) in [5.41, 5.74) is 0.458. The smallest absolute Gasteiger partial charge is 0.342 e. The summed E-state index contributed by atoms with van der Waals surface area (Å²) >= 11 is 1.58. The molecule has 21 heavy (non-hydrogen) atoms. The van der Waals surface area contributed by atoms with Gasteiger partial charge in [0.15, 0.2) is 0 Å². The number of hydrogen-bond donors (Lipinski definition) is 0. The quantitative estimate of drug-likeness (QED) is 0.450. The van der Waals surface area contributed by atoms with Gasteiger partial charge in [-0.1, -0.05) is 42.1 Å². The highest BCUT2D eigenvalue weighted by molar-refractivity contribution is 7.99. The standard InChI is InChI=1S/C17H18O3S/c1-13(2)20-17(18)15-10-6-7-11-16(15)19-12-21-14-8-4-3-5-9-14/h3-11,13H,12H2,1-2H3. The summed E-state index contributed by atoms with van der Waals surface area (Å²) < 4.78 is 10.9. The normalized spacial score (nSPS) is 10.4. The topological polar surface area (TPSA) is 35.5 Å². The maximum Gasteiger partial charge on any atom is 0.342 e. The molecule has 4 heteroatoms. The van der Waals surface area contributed by atoms with Crippen LogP contribution in [0.2, 0.25) is 0 Å². The summed E-state index contributed by atoms with van der Waals surface area (Å²) in [6, 6.07) is 17.1. The predicted molar refractivity (Wildman–Crippen MR) is 84.8 cm³/mol. The van der Waals surface area contributed by atoms with Crippen molar-refractivity contribution in [2.75, 3.05) is 5.94 Å².